The second kappa shape index (κ2) is 5.96. The molecule has 1 aromatic heterocycles. The lowest BCUT2D eigenvalue weighted by Crippen LogP contribution is -2.18. The van der Waals surface area contributed by atoms with Gasteiger partial charge in [-0.25, -0.2) is 0 Å². The molecule has 1 amide bonds. The molecule has 106 valence electrons. The zero-order chi connectivity index (χ0) is 14.7. The fourth-order valence-corrected chi connectivity index (χ4v) is 2.21. The van der Waals surface area contributed by atoms with Gasteiger partial charge in [0.05, 0.1) is 22.4 Å². The number of hydrogen-bond donors (Lipinski definition) is 2. The monoisotopic (exact) mass is 292 g/mol. The van der Waals surface area contributed by atoms with E-state index >= 15 is 0 Å². The van der Waals surface area contributed by atoms with Crippen LogP contribution in [0.2, 0.25) is 5.02 Å². The standard InChI is InChI=1S/C14H17ClN4O/c1-9(13-6-7-17-19(13)3)18-12-8-10(14(20)16-2)4-5-11(12)15/h4-9,18H,1-3H3,(H,16,20). The molecule has 2 rings (SSSR count). The summed E-state index contributed by atoms with van der Waals surface area (Å²) in [6.45, 7) is 2.01. The Morgan fingerprint density at radius 1 is 1.40 bits per heavy atom. The van der Waals surface area contributed by atoms with Crippen molar-refractivity contribution in [3.8, 4) is 0 Å². The maximum atomic E-state index is 11.6. The van der Waals surface area contributed by atoms with Crippen molar-refractivity contribution >= 4 is 23.2 Å². The van der Waals surface area contributed by atoms with Gasteiger partial charge >= 0.3 is 0 Å². The van der Waals surface area contributed by atoms with Gasteiger partial charge in [-0.1, -0.05) is 11.6 Å². The summed E-state index contributed by atoms with van der Waals surface area (Å²) in [7, 11) is 3.48. The lowest BCUT2D eigenvalue weighted by atomic mass is 10.1. The van der Waals surface area contributed by atoms with Gasteiger partial charge in [0.1, 0.15) is 0 Å². The molecule has 2 aromatic rings. The predicted molar refractivity (Wildman–Crippen MR) is 80.1 cm³/mol. The van der Waals surface area contributed by atoms with Gasteiger partial charge in [-0.05, 0) is 31.2 Å². The minimum Gasteiger partial charge on any atom is -0.376 e. The van der Waals surface area contributed by atoms with Crippen LogP contribution in [0.25, 0.3) is 0 Å². The number of halogens is 1. The van der Waals surface area contributed by atoms with E-state index in [2.05, 4.69) is 15.7 Å². The Morgan fingerprint density at radius 3 is 2.75 bits per heavy atom. The van der Waals surface area contributed by atoms with E-state index in [1.165, 1.54) is 0 Å². The lowest BCUT2D eigenvalue weighted by molar-refractivity contribution is 0.0963. The van der Waals surface area contributed by atoms with Gasteiger partial charge < -0.3 is 10.6 Å². The van der Waals surface area contributed by atoms with Crippen molar-refractivity contribution in [1.29, 1.82) is 0 Å². The van der Waals surface area contributed by atoms with Gasteiger partial charge in [-0.3, -0.25) is 9.48 Å². The minimum absolute atomic E-state index is 0.0277. The summed E-state index contributed by atoms with van der Waals surface area (Å²) in [5, 5.41) is 10.6. The van der Waals surface area contributed by atoms with Crippen molar-refractivity contribution in [2.45, 2.75) is 13.0 Å². The smallest absolute Gasteiger partial charge is 0.251 e. The Balaban J connectivity index is 2.24. The van der Waals surface area contributed by atoms with Crippen LogP contribution < -0.4 is 10.6 Å². The van der Waals surface area contributed by atoms with Gasteiger partial charge in [0.2, 0.25) is 0 Å². The predicted octanol–water partition coefficient (Wildman–Crippen LogP) is 2.61. The van der Waals surface area contributed by atoms with Gasteiger partial charge in [0.15, 0.2) is 0 Å². The zero-order valence-electron chi connectivity index (χ0n) is 11.6. The molecule has 2 N–H and O–H groups in total. The first-order valence-corrected chi connectivity index (χ1v) is 6.66. The van der Waals surface area contributed by atoms with Crippen molar-refractivity contribution in [1.82, 2.24) is 15.1 Å². The Hall–Kier alpha value is -2.01. The molecule has 1 atom stereocenters. The van der Waals surface area contributed by atoms with Crippen LogP contribution in [0, 0.1) is 0 Å². The number of carbonyl (C=O) groups excluding carboxylic acids is 1. The van der Waals surface area contributed by atoms with Crippen LogP contribution in [0.3, 0.4) is 0 Å². The molecule has 5 nitrogen and oxygen atoms in total. The molecular weight excluding hydrogens is 276 g/mol. The third-order valence-electron chi connectivity index (χ3n) is 3.13. The summed E-state index contributed by atoms with van der Waals surface area (Å²) in [5.41, 5.74) is 2.32. The molecule has 0 saturated carbocycles. The largest absolute Gasteiger partial charge is 0.376 e. The first-order chi connectivity index (χ1) is 9.52. The number of hydrogen-bond acceptors (Lipinski definition) is 3. The van der Waals surface area contributed by atoms with Crippen LogP contribution in [0.4, 0.5) is 5.69 Å². The molecule has 1 aromatic carbocycles. The number of benzene rings is 1. The molecule has 1 heterocycles. The molecule has 0 aliphatic carbocycles. The summed E-state index contributed by atoms with van der Waals surface area (Å²) < 4.78 is 1.80. The number of aromatic nitrogens is 2. The number of carbonyl (C=O) groups is 1. The third kappa shape index (κ3) is 2.93. The van der Waals surface area contributed by atoms with Crippen molar-refractivity contribution in [2.75, 3.05) is 12.4 Å². The highest BCUT2D eigenvalue weighted by molar-refractivity contribution is 6.33. The average molecular weight is 293 g/mol. The number of aryl methyl sites for hydroxylation is 1. The Labute approximate surface area is 122 Å². The maximum absolute atomic E-state index is 11.6. The summed E-state index contributed by atoms with van der Waals surface area (Å²) >= 11 is 6.17. The number of anilines is 1. The van der Waals surface area contributed by atoms with E-state index in [0.29, 0.717) is 10.6 Å². The average Bonchev–Trinajstić information content (AvgIpc) is 2.86. The van der Waals surface area contributed by atoms with Crippen LogP contribution in [0.1, 0.15) is 29.0 Å². The zero-order valence-corrected chi connectivity index (χ0v) is 12.4. The molecule has 0 aliphatic rings. The number of amides is 1. The van der Waals surface area contributed by atoms with Crippen molar-refractivity contribution in [3.63, 3.8) is 0 Å². The van der Waals surface area contributed by atoms with E-state index in [-0.39, 0.29) is 11.9 Å². The Morgan fingerprint density at radius 2 is 2.15 bits per heavy atom. The number of rotatable bonds is 4. The second-order valence-corrected chi connectivity index (χ2v) is 4.93. The molecule has 0 saturated heterocycles. The van der Waals surface area contributed by atoms with Crippen LogP contribution in [-0.4, -0.2) is 22.7 Å². The quantitative estimate of drug-likeness (QED) is 0.911. The van der Waals surface area contributed by atoms with Crippen molar-refractivity contribution < 1.29 is 4.79 Å². The normalized spacial score (nSPS) is 12.0. The molecule has 0 radical (unpaired) electrons. The fourth-order valence-electron chi connectivity index (χ4n) is 2.04. The molecule has 6 heteroatoms. The van der Waals surface area contributed by atoms with E-state index < -0.39 is 0 Å². The molecular formula is C14H17ClN4O. The third-order valence-corrected chi connectivity index (χ3v) is 3.46. The molecule has 20 heavy (non-hydrogen) atoms. The van der Waals surface area contributed by atoms with Gasteiger partial charge in [0, 0.05) is 25.9 Å². The second-order valence-electron chi connectivity index (χ2n) is 4.52. The Bertz CT molecular complexity index is 623. The van der Waals surface area contributed by atoms with Crippen LogP contribution in [0.5, 0.6) is 0 Å². The highest BCUT2D eigenvalue weighted by Gasteiger charge is 2.13. The SMILES string of the molecule is CNC(=O)c1ccc(Cl)c(NC(C)c2ccnn2C)c1. The highest BCUT2D eigenvalue weighted by atomic mass is 35.5. The minimum atomic E-state index is -0.141. The van der Waals surface area contributed by atoms with E-state index in [9.17, 15) is 4.79 Å². The van der Waals surface area contributed by atoms with E-state index in [1.54, 1.807) is 36.1 Å². The first kappa shape index (κ1) is 14.4. The van der Waals surface area contributed by atoms with Gasteiger partial charge in [-0.2, -0.15) is 5.10 Å². The lowest BCUT2D eigenvalue weighted by Gasteiger charge is -2.17. The highest BCUT2D eigenvalue weighted by Crippen LogP contribution is 2.27. The van der Waals surface area contributed by atoms with Gasteiger partial charge in [-0.15, -0.1) is 0 Å². The summed E-state index contributed by atoms with van der Waals surface area (Å²) in [6, 6.07) is 7.12. The van der Waals surface area contributed by atoms with Crippen LogP contribution in [0.15, 0.2) is 30.5 Å². The summed E-state index contributed by atoms with van der Waals surface area (Å²) in [4.78, 5) is 11.6. The van der Waals surface area contributed by atoms with Crippen molar-refractivity contribution in [3.05, 3.63) is 46.7 Å². The van der Waals surface area contributed by atoms with Gasteiger partial charge in [0.25, 0.3) is 5.91 Å². The van der Waals surface area contributed by atoms with Crippen LogP contribution >= 0.6 is 11.6 Å². The Kier molecular flexibility index (Phi) is 4.29. The maximum Gasteiger partial charge on any atom is 0.251 e. The molecule has 1 unspecified atom stereocenters. The van der Waals surface area contributed by atoms with Crippen molar-refractivity contribution in [2.24, 2.45) is 7.05 Å². The first-order valence-electron chi connectivity index (χ1n) is 6.29. The number of nitrogens with zero attached hydrogens (tertiary/aromatic N) is 2. The molecule has 0 spiro atoms. The summed E-state index contributed by atoms with van der Waals surface area (Å²) in [5.74, 6) is -0.141. The topological polar surface area (TPSA) is 59.0 Å². The molecule has 0 fully saturated rings. The number of nitrogens with one attached hydrogen (secondary N) is 2. The van der Waals surface area contributed by atoms with E-state index in [4.69, 9.17) is 11.6 Å². The van der Waals surface area contributed by atoms with E-state index in [0.717, 1.165) is 11.4 Å². The summed E-state index contributed by atoms with van der Waals surface area (Å²) in [6.07, 6.45) is 1.75. The van der Waals surface area contributed by atoms with E-state index in [1.807, 2.05) is 20.0 Å². The van der Waals surface area contributed by atoms with Crippen LogP contribution in [-0.2, 0) is 7.05 Å². The molecule has 0 bridgehead atoms. The molecule has 0 aliphatic heterocycles. The fraction of sp³-hybridized carbons (Fsp3) is 0.286.